The van der Waals surface area contributed by atoms with Gasteiger partial charge in [0.2, 0.25) is 0 Å². The average Bonchev–Trinajstić information content (AvgIpc) is 1.97. The van der Waals surface area contributed by atoms with Crippen molar-refractivity contribution in [1.29, 1.82) is 0 Å². The zero-order chi connectivity index (χ0) is 9.78. The number of rotatable bonds is 2. The summed E-state index contributed by atoms with van der Waals surface area (Å²) >= 11 is 0. The highest BCUT2D eigenvalue weighted by molar-refractivity contribution is 5.27. The summed E-state index contributed by atoms with van der Waals surface area (Å²) in [5, 5.41) is 0. The van der Waals surface area contributed by atoms with Gasteiger partial charge in [-0.25, -0.2) is 0 Å². The summed E-state index contributed by atoms with van der Waals surface area (Å²) in [5.41, 5.74) is 2.63. The first-order valence-electron chi connectivity index (χ1n) is 4.38. The lowest BCUT2D eigenvalue weighted by atomic mass is 9.87. The third kappa shape index (κ3) is 4.17. The fraction of sp³-hybridized carbons (Fsp3) is 0.500. The molecule has 0 rings (SSSR count). The predicted octanol–water partition coefficient (Wildman–Crippen LogP) is 4.11. The van der Waals surface area contributed by atoms with E-state index in [1.54, 1.807) is 0 Å². The minimum atomic E-state index is 0.185. The molecule has 0 aliphatic carbocycles. The van der Waals surface area contributed by atoms with Crippen LogP contribution < -0.4 is 0 Å². The quantitative estimate of drug-likeness (QED) is 0.539. The van der Waals surface area contributed by atoms with Crippen molar-refractivity contribution in [1.82, 2.24) is 0 Å². The average molecular weight is 164 g/mol. The van der Waals surface area contributed by atoms with Gasteiger partial charge in [0, 0.05) is 0 Å². The molecule has 0 heterocycles. The fourth-order valence-electron chi connectivity index (χ4n) is 0.578. The third-order valence-corrected chi connectivity index (χ3v) is 1.97. The van der Waals surface area contributed by atoms with Crippen LogP contribution >= 0.6 is 0 Å². The molecule has 0 bridgehead atoms. The zero-order valence-electron chi connectivity index (χ0n) is 8.94. The van der Waals surface area contributed by atoms with Gasteiger partial charge in [-0.3, -0.25) is 0 Å². The van der Waals surface area contributed by atoms with Crippen molar-refractivity contribution < 1.29 is 0 Å². The summed E-state index contributed by atoms with van der Waals surface area (Å²) < 4.78 is 0. The maximum Gasteiger partial charge on any atom is -0.0138 e. The van der Waals surface area contributed by atoms with Crippen molar-refractivity contribution in [3.8, 4) is 0 Å². The van der Waals surface area contributed by atoms with E-state index in [0.29, 0.717) is 0 Å². The molecule has 0 radical (unpaired) electrons. The second-order valence-corrected chi connectivity index (χ2v) is 4.14. The molecule has 12 heavy (non-hydrogen) atoms. The molecule has 0 unspecified atom stereocenters. The molecule has 0 nitrogen and oxygen atoms in total. The Morgan fingerprint density at radius 3 is 2.00 bits per heavy atom. The van der Waals surface area contributed by atoms with E-state index in [1.807, 2.05) is 6.92 Å². The Morgan fingerprint density at radius 1 is 1.17 bits per heavy atom. The first-order valence-corrected chi connectivity index (χ1v) is 4.38. The van der Waals surface area contributed by atoms with E-state index in [-0.39, 0.29) is 5.41 Å². The summed E-state index contributed by atoms with van der Waals surface area (Å²) in [7, 11) is 0. The van der Waals surface area contributed by atoms with Gasteiger partial charge < -0.3 is 0 Å². The topological polar surface area (TPSA) is 0 Å². The second kappa shape index (κ2) is 4.30. The molecule has 0 amide bonds. The molecule has 0 fully saturated rings. The Labute approximate surface area is 76.7 Å². The van der Waals surface area contributed by atoms with E-state index in [1.165, 1.54) is 11.1 Å². The van der Waals surface area contributed by atoms with E-state index in [9.17, 15) is 0 Å². The minimum absolute atomic E-state index is 0.185. The van der Waals surface area contributed by atoms with Gasteiger partial charge in [-0.2, -0.15) is 0 Å². The standard InChI is InChI=1S/C12H20/c1-7-10(2)8-9-11(3)12(4,5)6/h7-9H,3H2,1-2,4-6H3/b9-8-,10-7-. The number of hydrogen-bond acceptors (Lipinski definition) is 0. The Kier molecular flexibility index (Phi) is 4.02. The van der Waals surface area contributed by atoms with E-state index in [0.717, 1.165) is 0 Å². The van der Waals surface area contributed by atoms with Crippen molar-refractivity contribution in [2.24, 2.45) is 5.41 Å². The van der Waals surface area contributed by atoms with Gasteiger partial charge in [-0.1, -0.05) is 51.2 Å². The highest BCUT2D eigenvalue weighted by Crippen LogP contribution is 2.24. The Morgan fingerprint density at radius 2 is 1.67 bits per heavy atom. The Bertz CT molecular complexity index is 209. The molecule has 0 N–H and O–H groups in total. The molecule has 0 aliphatic heterocycles. The van der Waals surface area contributed by atoms with Crippen LogP contribution in [0, 0.1) is 5.41 Å². The third-order valence-electron chi connectivity index (χ3n) is 1.97. The van der Waals surface area contributed by atoms with Crippen LogP contribution in [0.25, 0.3) is 0 Å². The minimum Gasteiger partial charge on any atom is -0.0953 e. The van der Waals surface area contributed by atoms with Gasteiger partial charge in [0.05, 0.1) is 0 Å². The highest BCUT2D eigenvalue weighted by atomic mass is 14.2. The summed E-state index contributed by atoms with van der Waals surface area (Å²) in [6.45, 7) is 14.7. The largest absolute Gasteiger partial charge is 0.0953 e. The molecule has 0 atom stereocenters. The Hall–Kier alpha value is -0.780. The van der Waals surface area contributed by atoms with Crippen LogP contribution in [0.3, 0.4) is 0 Å². The van der Waals surface area contributed by atoms with E-state index in [4.69, 9.17) is 0 Å². The van der Waals surface area contributed by atoms with Crippen LogP contribution in [0.2, 0.25) is 0 Å². The maximum atomic E-state index is 4.02. The monoisotopic (exact) mass is 164 g/mol. The van der Waals surface area contributed by atoms with Gasteiger partial charge in [-0.05, 0) is 24.8 Å². The van der Waals surface area contributed by atoms with Crippen molar-refractivity contribution in [3.63, 3.8) is 0 Å². The fourth-order valence-corrected chi connectivity index (χ4v) is 0.578. The molecule has 0 saturated carbocycles. The molecule has 0 spiro atoms. The van der Waals surface area contributed by atoms with Crippen LogP contribution in [0.5, 0.6) is 0 Å². The Balaban J connectivity index is 4.29. The van der Waals surface area contributed by atoms with Crippen LogP contribution in [-0.4, -0.2) is 0 Å². The number of hydrogen-bond donors (Lipinski definition) is 0. The van der Waals surface area contributed by atoms with Crippen LogP contribution in [0.1, 0.15) is 34.6 Å². The van der Waals surface area contributed by atoms with Gasteiger partial charge in [0.25, 0.3) is 0 Å². The second-order valence-electron chi connectivity index (χ2n) is 4.14. The van der Waals surface area contributed by atoms with Crippen LogP contribution in [-0.2, 0) is 0 Å². The summed E-state index contributed by atoms with van der Waals surface area (Å²) in [6, 6.07) is 0. The van der Waals surface area contributed by atoms with Crippen molar-refractivity contribution in [2.75, 3.05) is 0 Å². The van der Waals surface area contributed by atoms with Crippen LogP contribution in [0.15, 0.2) is 36.0 Å². The first kappa shape index (κ1) is 11.2. The SMILES string of the molecule is C=C(/C=C\C(C)=C/C)C(C)(C)C. The molecular formula is C12H20. The van der Waals surface area contributed by atoms with Gasteiger partial charge >= 0.3 is 0 Å². The van der Waals surface area contributed by atoms with Gasteiger partial charge in [0.1, 0.15) is 0 Å². The molecular weight excluding hydrogens is 144 g/mol. The summed E-state index contributed by atoms with van der Waals surface area (Å²) in [5.74, 6) is 0. The molecule has 0 saturated heterocycles. The zero-order valence-corrected chi connectivity index (χ0v) is 8.94. The van der Waals surface area contributed by atoms with Crippen molar-refractivity contribution >= 4 is 0 Å². The number of allylic oxidation sites excluding steroid dienone is 5. The van der Waals surface area contributed by atoms with E-state index in [2.05, 4.69) is 52.5 Å². The van der Waals surface area contributed by atoms with Crippen molar-refractivity contribution in [2.45, 2.75) is 34.6 Å². The van der Waals surface area contributed by atoms with E-state index >= 15 is 0 Å². The predicted molar refractivity (Wildman–Crippen MR) is 57.2 cm³/mol. The summed E-state index contributed by atoms with van der Waals surface area (Å²) in [4.78, 5) is 0. The first-order chi connectivity index (χ1) is 5.38. The van der Waals surface area contributed by atoms with Crippen LogP contribution in [0.4, 0.5) is 0 Å². The lowest BCUT2D eigenvalue weighted by molar-refractivity contribution is 0.519. The normalized spacial score (nSPS) is 13.9. The van der Waals surface area contributed by atoms with Gasteiger partial charge in [0.15, 0.2) is 0 Å². The molecule has 68 valence electrons. The lowest BCUT2D eigenvalue weighted by Gasteiger charge is -2.18. The lowest BCUT2D eigenvalue weighted by Crippen LogP contribution is -2.05. The summed E-state index contributed by atoms with van der Waals surface area (Å²) in [6.07, 6.45) is 6.29. The van der Waals surface area contributed by atoms with Gasteiger partial charge in [-0.15, -0.1) is 0 Å². The van der Waals surface area contributed by atoms with Crippen molar-refractivity contribution in [3.05, 3.63) is 36.0 Å². The highest BCUT2D eigenvalue weighted by Gasteiger charge is 2.11. The molecule has 0 aromatic rings. The smallest absolute Gasteiger partial charge is 0.0138 e. The van der Waals surface area contributed by atoms with E-state index < -0.39 is 0 Å². The molecule has 0 heteroatoms. The molecule has 0 aromatic heterocycles. The maximum absolute atomic E-state index is 4.02. The molecule has 0 aliphatic rings. The molecule has 0 aromatic carbocycles.